The van der Waals surface area contributed by atoms with Gasteiger partial charge in [-0.25, -0.2) is 0 Å². The number of hydrogen-bond acceptors (Lipinski definition) is 3. The zero-order chi connectivity index (χ0) is 13.2. The molecule has 0 aromatic heterocycles. The average molecular weight is 262 g/mol. The molecule has 0 bridgehead atoms. The van der Waals surface area contributed by atoms with Gasteiger partial charge in [-0.2, -0.15) is 0 Å². The van der Waals surface area contributed by atoms with E-state index in [0.29, 0.717) is 15.5 Å². The molecule has 0 saturated carbocycles. The van der Waals surface area contributed by atoms with E-state index in [1.807, 2.05) is 0 Å². The van der Waals surface area contributed by atoms with Crippen molar-refractivity contribution < 1.29 is 14.1 Å². The second-order valence-corrected chi connectivity index (χ2v) is 6.14. The molecule has 4 heteroatoms. The van der Waals surface area contributed by atoms with Crippen LogP contribution in [-0.4, -0.2) is 22.3 Å². The Bertz CT molecular complexity index is 626. The van der Waals surface area contributed by atoms with Gasteiger partial charge in [0.2, 0.25) is 0 Å². The second-order valence-electron chi connectivity index (χ2n) is 3.84. The smallest absolute Gasteiger partial charge is 0.118 e. The van der Waals surface area contributed by atoms with Gasteiger partial charge in [0.1, 0.15) is 11.5 Å². The predicted octanol–water partition coefficient (Wildman–Crippen LogP) is 2.54. The summed E-state index contributed by atoms with van der Waals surface area (Å²) in [5.74, 6) is 4.65. The summed E-state index contributed by atoms with van der Waals surface area (Å²) in [6.45, 7) is 0. The number of methoxy groups -OCH3 is 1. The van der Waals surface area contributed by atoms with Crippen LogP contribution in [0.15, 0.2) is 58.3 Å². The first kappa shape index (κ1) is 12.5. The highest BCUT2D eigenvalue weighted by Crippen LogP contribution is 2.24. The highest BCUT2D eigenvalue weighted by Gasteiger charge is 2.11. The van der Waals surface area contributed by atoms with Crippen molar-refractivity contribution in [3.63, 3.8) is 0 Å². The SMILES string of the molecule is C=S(=O)(c1ccc(O)cc1)c1ccc(OC)cc1. The third-order valence-electron chi connectivity index (χ3n) is 2.66. The first-order chi connectivity index (χ1) is 8.54. The van der Waals surface area contributed by atoms with E-state index in [0.717, 1.165) is 0 Å². The van der Waals surface area contributed by atoms with Crippen LogP contribution >= 0.6 is 0 Å². The summed E-state index contributed by atoms with van der Waals surface area (Å²) < 4.78 is 17.7. The van der Waals surface area contributed by atoms with Gasteiger partial charge < -0.3 is 9.84 Å². The average Bonchev–Trinajstić information content (AvgIpc) is 2.39. The van der Waals surface area contributed by atoms with Gasteiger partial charge in [-0.3, -0.25) is 4.21 Å². The molecule has 0 spiro atoms. The lowest BCUT2D eigenvalue weighted by molar-refractivity contribution is 0.414. The van der Waals surface area contributed by atoms with Crippen molar-refractivity contribution in [3.8, 4) is 11.5 Å². The molecule has 0 aliphatic carbocycles. The van der Waals surface area contributed by atoms with Crippen LogP contribution in [0.5, 0.6) is 11.5 Å². The highest BCUT2D eigenvalue weighted by molar-refractivity contribution is 8.00. The number of benzene rings is 2. The molecular weight excluding hydrogens is 248 g/mol. The summed E-state index contributed by atoms with van der Waals surface area (Å²) in [6.07, 6.45) is 0. The van der Waals surface area contributed by atoms with E-state index >= 15 is 0 Å². The topological polar surface area (TPSA) is 46.5 Å². The zero-order valence-corrected chi connectivity index (χ0v) is 10.8. The molecule has 18 heavy (non-hydrogen) atoms. The minimum Gasteiger partial charge on any atom is -0.508 e. The van der Waals surface area contributed by atoms with Gasteiger partial charge in [-0.15, -0.1) is 0 Å². The van der Waals surface area contributed by atoms with E-state index in [4.69, 9.17) is 4.74 Å². The van der Waals surface area contributed by atoms with Crippen molar-refractivity contribution >= 4 is 15.4 Å². The second kappa shape index (κ2) is 4.74. The molecule has 2 aromatic carbocycles. The Morgan fingerprint density at radius 2 is 1.44 bits per heavy atom. The first-order valence-electron chi connectivity index (χ1n) is 5.34. The van der Waals surface area contributed by atoms with Crippen molar-refractivity contribution in [2.75, 3.05) is 7.11 Å². The molecule has 1 unspecified atom stereocenters. The molecule has 0 aliphatic heterocycles. The number of ether oxygens (including phenoxy) is 1. The largest absolute Gasteiger partial charge is 0.508 e. The minimum atomic E-state index is -2.55. The molecule has 0 aliphatic rings. The summed E-state index contributed by atoms with van der Waals surface area (Å²) in [5, 5.41) is 9.23. The van der Waals surface area contributed by atoms with Crippen molar-refractivity contribution in [1.29, 1.82) is 0 Å². The fourth-order valence-corrected chi connectivity index (χ4v) is 3.02. The van der Waals surface area contributed by atoms with E-state index in [1.54, 1.807) is 43.5 Å². The van der Waals surface area contributed by atoms with E-state index in [2.05, 4.69) is 5.87 Å². The third-order valence-corrected chi connectivity index (χ3v) is 4.72. The Labute approximate surface area is 107 Å². The van der Waals surface area contributed by atoms with Gasteiger partial charge in [0.15, 0.2) is 0 Å². The maximum Gasteiger partial charge on any atom is 0.118 e. The molecule has 1 atom stereocenters. The molecule has 0 radical (unpaired) electrons. The molecule has 0 amide bonds. The van der Waals surface area contributed by atoms with Crippen molar-refractivity contribution in [2.45, 2.75) is 9.79 Å². The molecule has 3 nitrogen and oxygen atoms in total. The van der Waals surface area contributed by atoms with Crippen LogP contribution in [0.25, 0.3) is 0 Å². The van der Waals surface area contributed by atoms with Crippen LogP contribution < -0.4 is 4.74 Å². The molecule has 1 N–H and O–H groups in total. The van der Waals surface area contributed by atoms with Gasteiger partial charge in [0.05, 0.1) is 7.11 Å². The molecule has 0 fully saturated rings. The van der Waals surface area contributed by atoms with E-state index < -0.39 is 9.52 Å². The molecule has 0 heterocycles. The summed E-state index contributed by atoms with van der Waals surface area (Å²) >= 11 is 0. The van der Waals surface area contributed by atoms with Crippen molar-refractivity contribution in [2.24, 2.45) is 0 Å². The molecular formula is C14H14O3S. The lowest BCUT2D eigenvalue weighted by Gasteiger charge is -2.10. The zero-order valence-electron chi connectivity index (χ0n) is 10.00. The maximum atomic E-state index is 12.7. The Morgan fingerprint density at radius 1 is 1.00 bits per heavy atom. The van der Waals surface area contributed by atoms with Crippen LogP contribution in [-0.2, 0) is 9.52 Å². The van der Waals surface area contributed by atoms with E-state index in [9.17, 15) is 9.32 Å². The fraction of sp³-hybridized carbons (Fsp3) is 0.0714. The number of hydrogen-bond donors (Lipinski definition) is 1. The Morgan fingerprint density at radius 3 is 1.89 bits per heavy atom. The summed E-state index contributed by atoms with van der Waals surface area (Å²) in [7, 11) is -0.968. The Hall–Kier alpha value is -1.94. The minimum absolute atomic E-state index is 0.142. The van der Waals surface area contributed by atoms with Gasteiger partial charge in [-0.1, -0.05) is 0 Å². The maximum absolute atomic E-state index is 12.7. The Balaban J connectivity index is 2.44. The standard InChI is InChI=1S/C14H14O3S/c1-17-12-5-9-14(10-6-12)18(2,16)13-7-3-11(15)4-8-13/h3-10,15H,2H2,1H3. The van der Waals surface area contributed by atoms with Gasteiger partial charge in [0, 0.05) is 19.3 Å². The van der Waals surface area contributed by atoms with E-state index in [-0.39, 0.29) is 5.75 Å². The lowest BCUT2D eigenvalue weighted by Crippen LogP contribution is -2.01. The third kappa shape index (κ3) is 2.33. The van der Waals surface area contributed by atoms with Crippen LogP contribution in [0.3, 0.4) is 0 Å². The van der Waals surface area contributed by atoms with Crippen molar-refractivity contribution in [3.05, 3.63) is 48.5 Å². The molecule has 0 saturated heterocycles. The molecule has 2 rings (SSSR count). The molecule has 94 valence electrons. The van der Waals surface area contributed by atoms with Crippen LogP contribution in [0, 0.1) is 0 Å². The Kier molecular flexibility index (Phi) is 3.30. The number of phenols is 1. The normalized spacial score (nSPS) is 13.8. The summed E-state index contributed by atoms with van der Waals surface area (Å²) in [5.41, 5.74) is 0. The molecule has 2 aromatic rings. The van der Waals surface area contributed by atoms with Gasteiger partial charge in [0.25, 0.3) is 0 Å². The highest BCUT2D eigenvalue weighted by atomic mass is 32.2. The van der Waals surface area contributed by atoms with Gasteiger partial charge >= 0.3 is 0 Å². The van der Waals surface area contributed by atoms with Gasteiger partial charge in [-0.05, 0) is 54.4 Å². The number of rotatable bonds is 3. The fourth-order valence-electron chi connectivity index (χ4n) is 1.60. The van der Waals surface area contributed by atoms with Crippen LogP contribution in [0.4, 0.5) is 0 Å². The predicted molar refractivity (Wildman–Crippen MR) is 72.9 cm³/mol. The summed E-state index contributed by atoms with van der Waals surface area (Å²) in [4.78, 5) is 1.22. The number of phenolic OH excluding ortho intramolecular Hbond substituents is 1. The van der Waals surface area contributed by atoms with E-state index in [1.165, 1.54) is 12.1 Å². The van der Waals surface area contributed by atoms with Crippen LogP contribution in [0.2, 0.25) is 0 Å². The number of aromatic hydroxyl groups is 1. The monoisotopic (exact) mass is 262 g/mol. The lowest BCUT2D eigenvalue weighted by atomic mass is 10.3. The van der Waals surface area contributed by atoms with Crippen molar-refractivity contribution in [1.82, 2.24) is 0 Å². The quantitative estimate of drug-likeness (QED) is 0.865. The first-order valence-corrected chi connectivity index (χ1v) is 7.07. The van der Waals surface area contributed by atoms with Crippen LogP contribution in [0.1, 0.15) is 0 Å². The summed E-state index contributed by atoms with van der Waals surface area (Å²) in [6, 6.07) is 13.2.